The maximum atomic E-state index is 12.6. The van der Waals surface area contributed by atoms with Gasteiger partial charge in [-0.2, -0.15) is 16.5 Å². The second kappa shape index (κ2) is 9.38. The zero-order chi connectivity index (χ0) is 18.3. The van der Waals surface area contributed by atoms with Crippen molar-refractivity contribution in [1.29, 1.82) is 0 Å². The molecule has 0 aliphatic rings. The minimum absolute atomic E-state index is 0.211. The molecule has 1 heterocycles. The lowest BCUT2D eigenvalue weighted by Crippen LogP contribution is -2.43. The second-order valence-electron chi connectivity index (χ2n) is 5.43. The number of hydrogen-bond acceptors (Lipinski definition) is 5. The Balaban J connectivity index is 2.14. The second-order valence-corrected chi connectivity index (χ2v) is 9.30. The number of anilines is 1. The van der Waals surface area contributed by atoms with Crippen molar-refractivity contribution in [3.05, 3.63) is 47.3 Å². The molecule has 136 valence electrons. The molecule has 1 amide bonds. The minimum atomic E-state index is -3.70. The fourth-order valence-electron chi connectivity index (χ4n) is 2.24. The zero-order valence-corrected chi connectivity index (χ0v) is 16.6. The monoisotopic (exact) mass is 398 g/mol. The molecule has 0 radical (unpaired) electrons. The molecule has 0 aliphatic heterocycles. The third-order valence-electron chi connectivity index (χ3n) is 3.59. The number of carbonyl (C=O) groups is 1. The Morgan fingerprint density at radius 1 is 1.28 bits per heavy atom. The summed E-state index contributed by atoms with van der Waals surface area (Å²) in [5.74, 6) is 0.336. The van der Waals surface area contributed by atoms with Gasteiger partial charge in [-0.3, -0.25) is 4.79 Å². The van der Waals surface area contributed by atoms with E-state index < -0.39 is 16.1 Å². The van der Waals surface area contributed by atoms with E-state index in [0.717, 1.165) is 23.3 Å². The van der Waals surface area contributed by atoms with Gasteiger partial charge in [-0.25, -0.2) is 8.42 Å². The molecule has 0 aliphatic carbocycles. The molecule has 0 bridgehead atoms. The van der Waals surface area contributed by atoms with Crippen LogP contribution in [0.4, 0.5) is 5.69 Å². The topological polar surface area (TPSA) is 75.3 Å². The van der Waals surface area contributed by atoms with E-state index in [0.29, 0.717) is 17.9 Å². The van der Waals surface area contributed by atoms with Gasteiger partial charge in [0.15, 0.2) is 0 Å². The number of carbonyl (C=O) groups excluding carboxylic acids is 1. The predicted octanol–water partition coefficient (Wildman–Crippen LogP) is 3.35. The van der Waals surface area contributed by atoms with Crippen LogP contribution in [0, 0.1) is 0 Å². The Hall–Kier alpha value is -1.35. The number of thioether (sulfide) groups is 1. The average molecular weight is 399 g/mol. The van der Waals surface area contributed by atoms with Crippen molar-refractivity contribution in [2.45, 2.75) is 30.0 Å². The minimum Gasteiger partial charge on any atom is -0.325 e. The molecule has 1 unspecified atom stereocenters. The summed E-state index contributed by atoms with van der Waals surface area (Å²) in [5, 5.41) is 4.52. The maximum Gasteiger partial charge on any atom is 0.250 e. The number of aryl methyl sites for hydroxylation is 1. The summed E-state index contributed by atoms with van der Waals surface area (Å²) in [6.45, 7) is 2.04. The average Bonchev–Trinajstić information content (AvgIpc) is 3.14. The van der Waals surface area contributed by atoms with E-state index in [9.17, 15) is 13.2 Å². The molecule has 2 rings (SSSR count). The highest BCUT2D eigenvalue weighted by molar-refractivity contribution is 7.98. The summed E-state index contributed by atoms with van der Waals surface area (Å²) in [6, 6.07) is 9.95. The molecule has 0 spiro atoms. The lowest BCUT2D eigenvalue weighted by Gasteiger charge is -2.18. The quantitative estimate of drug-likeness (QED) is 0.679. The molecule has 25 heavy (non-hydrogen) atoms. The number of amides is 1. The number of sulfonamides is 1. The van der Waals surface area contributed by atoms with Gasteiger partial charge in [0.05, 0.1) is 0 Å². The van der Waals surface area contributed by atoms with Gasteiger partial charge in [-0.1, -0.05) is 25.1 Å². The van der Waals surface area contributed by atoms with Gasteiger partial charge in [0.1, 0.15) is 10.3 Å². The fraction of sp³-hybridized carbons (Fsp3) is 0.353. The van der Waals surface area contributed by atoms with Gasteiger partial charge in [0, 0.05) is 5.69 Å². The van der Waals surface area contributed by atoms with Crippen LogP contribution < -0.4 is 10.0 Å². The summed E-state index contributed by atoms with van der Waals surface area (Å²) in [5.41, 5.74) is 1.78. The van der Waals surface area contributed by atoms with Gasteiger partial charge in [0.2, 0.25) is 5.91 Å². The molecule has 2 N–H and O–H groups in total. The first-order valence-corrected chi connectivity index (χ1v) is 11.7. The predicted molar refractivity (Wildman–Crippen MR) is 106 cm³/mol. The van der Waals surface area contributed by atoms with Crippen LogP contribution in [0.2, 0.25) is 0 Å². The number of thiophene rings is 1. The van der Waals surface area contributed by atoms with Gasteiger partial charge < -0.3 is 5.32 Å². The van der Waals surface area contributed by atoms with E-state index in [1.54, 1.807) is 29.3 Å². The van der Waals surface area contributed by atoms with Crippen molar-refractivity contribution < 1.29 is 13.2 Å². The van der Waals surface area contributed by atoms with Gasteiger partial charge in [0.25, 0.3) is 10.0 Å². The van der Waals surface area contributed by atoms with Crippen molar-refractivity contribution >= 4 is 44.7 Å². The van der Waals surface area contributed by atoms with Crippen molar-refractivity contribution in [2.75, 3.05) is 17.3 Å². The first kappa shape index (κ1) is 20.0. The normalized spacial score (nSPS) is 12.7. The molecule has 1 aromatic heterocycles. The fourth-order valence-corrected chi connectivity index (χ4v) is 4.95. The van der Waals surface area contributed by atoms with Crippen LogP contribution in [0.25, 0.3) is 0 Å². The highest BCUT2D eigenvalue weighted by Gasteiger charge is 2.26. The number of hydrogen-bond donors (Lipinski definition) is 2. The van der Waals surface area contributed by atoms with Gasteiger partial charge >= 0.3 is 0 Å². The maximum absolute atomic E-state index is 12.6. The van der Waals surface area contributed by atoms with Crippen LogP contribution in [0.5, 0.6) is 0 Å². The highest BCUT2D eigenvalue weighted by atomic mass is 32.2. The molecular weight excluding hydrogens is 376 g/mol. The highest BCUT2D eigenvalue weighted by Crippen LogP contribution is 2.18. The smallest absolute Gasteiger partial charge is 0.250 e. The summed E-state index contributed by atoms with van der Waals surface area (Å²) in [4.78, 5) is 12.6. The van der Waals surface area contributed by atoms with Crippen LogP contribution in [0.15, 0.2) is 46.0 Å². The molecule has 8 heteroatoms. The zero-order valence-electron chi connectivity index (χ0n) is 14.2. The van der Waals surface area contributed by atoms with E-state index in [1.807, 2.05) is 31.4 Å². The van der Waals surface area contributed by atoms with Gasteiger partial charge in [-0.05, 0) is 54.0 Å². The molecule has 1 aromatic carbocycles. The SMILES string of the molecule is CCc1cccc(NC(=O)C(CCSC)NS(=O)(=O)c2cccs2)c1. The van der Waals surface area contributed by atoms with E-state index in [-0.39, 0.29) is 10.1 Å². The van der Waals surface area contributed by atoms with E-state index in [4.69, 9.17) is 0 Å². The lowest BCUT2D eigenvalue weighted by molar-refractivity contribution is -0.117. The number of benzene rings is 1. The van der Waals surface area contributed by atoms with Crippen molar-refractivity contribution in [1.82, 2.24) is 4.72 Å². The summed E-state index contributed by atoms with van der Waals surface area (Å²) >= 11 is 2.70. The molecule has 0 saturated carbocycles. The first-order valence-electron chi connectivity index (χ1n) is 7.91. The summed E-state index contributed by atoms with van der Waals surface area (Å²) < 4.78 is 27.6. The Bertz CT molecular complexity index is 789. The third kappa shape index (κ3) is 5.85. The standard InChI is InChI=1S/C17H22N2O3S3/c1-3-13-6-4-7-14(12-13)18-17(20)15(9-11-23-2)19-25(21,22)16-8-5-10-24-16/h4-8,10,12,15,19H,3,9,11H2,1-2H3,(H,18,20). The Labute approximate surface area is 157 Å². The number of nitrogens with one attached hydrogen (secondary N) is 2. The molecule has 0 fully saturated rings. The molecule has 5 nitrogen and oxygen atoms in total. The molecule has 1 atom stereocenters. The largest absolute Gasteiger partial charge is 0.325 e. The van der Waals surface area contributed by atoms with Crippen LogP contribution >= 0.6 is 23.1 Å². The third-order valence-corrected chi connectivity index (χ3v) is 7.10. The lowest BCUT2D eigenvalue weighted by atomic mass is 10.1. The molecular formula is C17H22N2O3S3. The summed E-state index contributed by atoms with van der Waals surface area (Å²) in [6.07, 6.45) is 3.21. The first-order chi connectivity index (χ1) is 12.0. The van der Waals surface area contributed by atoms with Gasteiger partial charge in [-0.15, -0.1) is 11.3 Å². The molecule has 0 saturated heterocycles. The molecule has 2 aromatic rings. The van der Waals surface area contributed by atoms with Crippen molar-refractivity contribution in [3.63, 3.8) is 0 Å². The van der Waals surface area contributed by atoms with Crippen molar-refractivity contribution in [3.8, 4) is 0 Å². The van der Waals surface area contributed by atoms with E-state index >= 15 is 0 Å². The van der Waals surface area contributed by atoms with Crippen LogP contribution in [-0.2, 0) is 21.2 Å². The Kier molecular flexibility index (Phi) is 7.49. The van der Waals surface area contributed by atoms with Crippen LogP contribution in [0.3, 0.4) is 0 Å². The van der Waals surface area contributed by atoms with Crippen LogP contribution in [0.1, 0.15) is 18.9 Å². The summed E-state index contributed by atoms with van der Waals surface area (Å²) in [7, 11) is -3.70. The van der Waals surface area contributed by atoms with E-state index in [2.05, 4.69) is 10.0 Å². The van der Waals surface area contributed by atoms with Crippen molar-refractivity contribution in [2.24, 2.45) is 0 Å². The Morgan fingerprint density at radius 3 is 2.72 bits per heavy atom. The Morgan fingerprint density at radius 2 is 2.08 bits per heavy atom. The van der Waals surface area contributed by atoms with Crippen LogP contribution in [-0.4, -0.2) is 32.4 Å². The number of rotatable bonds is 9. The van der Waals surface area contributed by atoms with E-state index in [1.165, 1.54) is 6.07 Å².